The normalized spacial score (nSPS) is 12.9. The summed E-state index contributed by atoms with van der Waals surface area (Å²) in [5, 5.41) is 0. The molecule has 0 aliphatic heterocycles. The molecule has 1 aromatic heterocycles. The van der Waals surface area contributed by atoms with Crippen molar-refractivity contribution in [3.8, 4) is 0 Å². The molecule has 1 aromatic rings. The fourth-order valence-corrected chi connectivity index (χ4v) is 53.7. The SMILES string of the molecule is CCCCCCS(=O)(=O)c1c[c]([Sn]([CH2]CCC)([CH2]CCC)[CH2]CCC)s[c]1[Sn]([CH2]CCC)([CH2]CCC)[CH2]CCC. The van der Waals surface area contributed by atoms with Crippen molar-refractivity contribution < 1.29 is 8.42 Å². The maximum atomic E-state index is 14.3. The molecule has 0 bridgehead atoms. The zero-order valence-electron chi connectivity index (χ0n) is 28.0. The Kier molecular flexibility index (Phi) is 21.5. The number of hydrogen-bond donors (Lipinski definition) is 0. The van der Waals surface area contributed by atoms with E-state index in [1.807, 2.05) is 0 Å². The summed E-state index contributed by atoms with van der Waals surface area (Å²) in [6.07, 6.45) is 19.6. The summed E-state index contributed by atoms with van der Waals surface area (Å²) in [6, 6.07) is 2.40. The zero-order chi connectivity index (χ0) is 29.9. The number of thiophene rings is 1. The second-order valence-electron chi connectivity index (χ2n) is 12.9. The first kappa shape index (κ1) is 39.3. The van der Waals surface area contributed by atoms with Gasteiger partial charge in [-0.1, -0.05) is 0 Å². The van der Waals surface area contributed by atoms with E-state index in [1.54, 1.807) is 2.89 Å². The zero-order valence-corrected chi connectivity index (χ0v) is 35.3. The van der Waals surface area contributed by atoms with E-state index in [-0.39, 0.29) is 0 Å². The van der Waals surface area contributed by atoms with Gasteiger partial charge in [-0.2, -0.15) is 0 Å². The van der Waals surface area contributed by atoms with Crippen molar-refractivity contribution in [2.24, 2.45) is 0 Å². The van der Waals surface area contributed by atoms with E-state index >= 15 is 0 Å². The van der Waals surface area contributed by atoms with Crippen LogP contribution in [0.5, 0.6) is 0 Å². The molecular weight excluding hydrogens is 742 g/mol. The Morgan fingerprint density at radius 1 is 0.525 bits per heavy atom. The van der Waals surface area contributed by atoms with Crippen LogP contribution in [0, 0.1) is 0 Å². The van der Waals surface area contributed by atoms with E-state index in [1.165, 1.54) is 107 Å². The molecule has 0 radical (unpaired) electrons. The summed E-state index contributed by atoms with van der Waals surface area (Å²) in [5.74, 6) is 0.370. The van der Waals surface area contributed by atoms with Gasteiger partial charge in [0, 0.05) is 0 Å². The van der Waals surface area contributed by atoms with Gasteiger partial charge in [-0.3, -0.25) is 0 Å². The van der Waals surface area contributed by atoms with Crippen LogP contribution >= 0.6 is 11.3 Å². The third-order valence-electron chi connectivity index (χ3n) is 9.36. The molecule has 0 saturated heterocycles. The van der Waals surface area contributed by atoms with E-state index < -0.39 is 46.6 Å². The molecule has 0 N–H and O–H groups in total. The predicted octanol–water partition coefficient (Wildman–Crippen LogP) is 11.2. The molecule has 1 rings (SSSR count). The molecule has 0 unspecified atom stereocenters. The van der Waals surface area contributed by atoms with Crippen LogP contribution in [0.15, 0.2) is 11.0 Å². The molecule has 40 heavy (non-hydrogen) atoms. The Balaban J connectivity index is 3.93. The molecular formula is C34H68O2S2Sn2. The van der Waals surface area contributed by atoms with Gasteiger partial charge < -0.3 is 0 Å². The van der Waals surface area contributed by atoms with Crippen LogP contribution in [-0.2, 0) is 9.84 Å². The second-order valence-corrected chi connectivity index (χ2v) is 44.2. The minimum absolute atomic E-state index is 0.370. The molecule has 0 spiro atoms. The van der Waals surface area contributed by atoms with Crippen LogP contribution in [0.25, 0.3) is 0 Å². The monoisotopic (exact) mass is 812 g/mol. The summed E-state index contributed by atoms with van der Waals surface area (Å²) < 4.78 is 40.3. The number of hydrogen-bond acceptors (Lipinski definition) is 3. The van der Waals surface area contributed by atoms with Crippen molar-refractivity contribution >= 4 is 63.7 Å². The Morgan fingerprint density at radius 2 is 0.900 bits per heavy atom. The summed E-state index contributed by atoms with van der Waals surface area (Å²) in [4.78, 5) is 0.897. The molecule has 2 nitrogen and oxygen atoms in total. The van der Waals surface area contributed by atoms with E-state index in [4.69, 9.17) is 0 Å². The third kappa shape index (κ3) is 12.3. The Bertz CT molecular complexity index is 835. The van der Waals surface area contributed by atoms with Crippen LogP contribution in [-0.4, -0.2) is 50.9 Å². The molecule has 0 aliphatic rings. The summed E-state index contributed by atoms with van der Waals surface area (Å²) in [7, 11) is -3.23. The predicted molar refractivity (Wildman–Crippen MR) is 190 cm³/mol. The van der Waals surface area contributed by atoms with Crippen molar-refractivity contribution in [2.75, 3.05) is 5.75 Å². The van der Waals surface area contributed by atoms with Crippen molar-refractivity contribution in [3.63, 3.8) is 0 Å². The van der Waals surface area contributed by atoms with E-state index in [9.17, 15) is 8.42 Å². The van der Waals surface area contributed by atoms with Crippen molar-refractivity contribution in [2.45, 2.75) is 183 Å². The van der Waals surface area contributed by atoms with Gasteiger partial charge in [0.1, 0.15) is 0 Å². The topological polar surface area (TPSA) is 34.1 Å². The molecule has 0 aromatic carbocycles. The molecule has 0 saturated carbocycles. The van der Waals surface area contributed by atoms with E-state index in [0.29, 0.717) is 5.75 Å². The van der Waals surface area contributed by atoms with Gasteiger partial charge in [0.2, 0.25) is 0 Å². The van der Waals surface area contributed by atoms with E-state index in [0.717, 1.165) is 30.6 Å². The van der Waals surface area contributed by atoms with Crippen LogP contribution in [0.1, 0.15) is 151 Å². The Labute approximate surface area is 264 Å². The molecule has 6 heteroatoms. The van der Waals surface area contributed by atoms with Crippen molar-refractivity contribution in [1.29, 1.82) is 0 Å². The van der Waals surface area contributed by atoms with Gasteiger partial charge in [0.15, 0.2) is 0 Å². The molecule has 0 amide bonds. The molecule has 236 valence electrons. The summed E-state index contributed by atoms with van der Waals surface area (Å²) in [6.45, 7) is 16.3. The molecule has 0 atom stereocenters. The van der Waals surface area contributed by atoms with Crippen LogP contribution < -0.4 is 5.79 Å². The number of unbranched alkanes of at least 4 members (excludes halogenated alkanes) is 9. The standard InChI is InChI=1S/C10H14O2S2.6C4H9.2Sn/c1-2-3-4-5-8-14(11,12)10-6-7-13-9-10;6*1-3-4-2;;/h6H,2-5,8H2,1H3;6*1,3-4H2,2H3;;. The first-order chi connectivity index (χ1) is 19.3. The van der Waals surface area contributed by atoms with Crippen molar-refractivity contribution in [3.05, 3.63) is 6.07 Å². The summed E-state index contributed by atoms with van der Waals surface area (Å²) in [5.41, 5.74) is 0. The van der Waals surface area contributed by atoms with Gasteiger partial charge in [-0.25, -0.2) is 0 Å². The maximum absolute atomic E-state index is 14.3. The first-order valence-corrected chi connectivity index (χ1v) is 35.1. The van der Waals surface area contributed by atoms with Crippen LogP contribution in [0.4, 0.5) is 0 Å². The molecule has 0 fully saturated rings. The average Bonchev–Trinajstić information content (AvgIpc) is 3.43. The average molecular weight is 810 g/mol. The second kappa shape index (κ2) is 21.9. The van der Waals surface area contributed by atoms with E-state index in [2.05, 4.69) is 65.9 Å². The molecule has 1 heterocycles. The van der Waals surface area contributed by atoms with Gasteiger partial charge in [-0.15, -0.1) is 0 Å². The fourth-order valence-electron chi connectivity index (χ4n) is 6.62. The van der Waals surface area contributed by atoms with Gasteiger partial charge in [-0.05, 0) is 0 Å². The van der Waals surface area contributed by atoms with Gasteiger partial charge in [0.25, 0.3) is 0 Å². The fraction of sp³-hybridized carbons (Fsp3) is 0.882. The van der Waals surface area contributed by atoms with Gasteiger partial charge in [0.05, 0.1) is 0 Å². The third-order valence-corrected chi connectivity index (χ3v) is 49.5. The molecule has 0 aliphatic carbocycles. The van der Waals surface area contributed by atoms with Crippen molar-refractivity contribution in [1.82, 2.24) is 0 Å². The van der Waals surface area contributed by atoms with Crippen LogP contribution in [0.3, 0.4) is 0 Å². The Morgan fingerprint density at radius 3 is 1.27 bits per heavy atom. The minimum atomic E-state index is -3.23. The number of sulfone groups is 1. The number of rotatable bonds is 26. The Hall–Kier alpha value is 1.25. The quantitative estimate of drug-likeness (QED) is 0.0690. The first-order valence-electron chi connectivity index (χ1n) is 17.6. The van der Waals surface area contributed by atoms with Gasteiger partial charge >= 0.3 is 267 Å². The van der Waals surface area contributed by atoms with Crippen LogP contribution in [0.2, 0.25) is 26.6 Å². The summed E-state index contributed by atoms with van der Waals surface area (Å²) >= 11 is -3.50.